The van der Waals surface area contributed by atoms with Gasteiger partial charge in [0, 0.05) is 26.1 Å². The van der Waals surface area contributed by atoms with Crippen molar-refractivity contribution in [3.8, 4) is 0 Å². The Morgan fingerprint density at radius 3 is 2.50 bits per heavy atom. The number of amides is 1. The van der Waals surface area contributed by atoms with E-state index in [9.17, 15) is 4.79 Å². The summed E-state index contributed by atoms with van der Waals surface area (Å²) in [4.78, 5) is 15.8. The zero-order valence-electron chi connectivity index (χ0n) is 7.91. The van der Waals surface area contributed by atoms with Gasteiger partial charge < -0.3 is 0 Å². The smallest absolute Gasteiger partial charge is 0.257 e. The fourth-order valence-electron chi connectivity index (χ4n) is 1.14. The van der Waals surface area contributed by atoms with E-state index in [0.29, 0.717) is 10.7 Å². The number of carbonyl (C=O) groups is 1. The molecule has 0 bridgehead atoms. The van der Waals surface area contributed by atoms with E-state index < -0.39 is 0 Å². The van der Waals surface area contributed by atoms with Crippen LogP contribution in [0.5, 0.6) is 0 Å². The number of nitrogens with one attached hydrogen (secondary N) is 1. The maximum absolute atomic E-state index is 11.8. The second kappa shape index (κ2) is 5.07. The van der Waals surface area contributed by atoms with Crippen molar-refractivity contribution in [2.75, 3.05) is 5.32 Å². The van der Waals surface area contributed by atoms with Gasteiger partial charge in [-0.25, -0.2) is 4.98 Å². The van der Waals surface area contributed by atoms with Gasteiger partial charge in [0.05, 0.1) is 0 Å². The molecule has 0 radical (unpaired) electrons. The number of halogens is 2. The molecule has 0 spiro atoms. The van der Waals surface area contributed by atoms with Gasteiger partial charge in [-0.1, -0.05) is 31.9 Å². The maximum Gasteiger partial charge on any atom is 0.257 e. The zero-order chi connectivity index (χ0) is 11.5. The van der Waals surface area contributed by atoms with Gasteiger partial charge in [-0.3, -0.25) is 10.1 Å². The molecule has 0 aliphatic carbocycles. The van der Waals surface area contributed by atoms with Crippen LogP contribution >= 0.6 is 43.2 Å². The second-order valence-corrected chi connectivity index (χ2v) is 5.68. The molecule has 1 amide bonds. The van der Waals surface area contributed by atoms with Crippen molar-refractivity contribution in [2.24, 2.45) is 0 Å². The van der Waals surface area contributed by atoms with Crippen LogP contribution in [0.15, 0.2) is 38.7 Å². The third-order valence-corrected chi connectivity index (χ3v) is 3.38. The monoisotopic (exact) mass is 360 g/mol. The average Bonchev–Trinajstić information content (AvgIpc) is 2.68. The summed E-state index contributed by atoms with van der Waals surface area (Å²) in [5.74, 6) is -0.169. The van der Waals surface area contributed by atoms with E-state index in [0.717, 1.165) is 8.95 Å². The summed E-state index contributed by atoms with van der Waals surface area (Å²) in [6, 6.07) is 5.39. The predicted octanol–water partition coefficient (Wildman–Crippen LogP) is 3.92. The van der Waals surface area contributed by atoms with Crippen LogP contribution in [0.25, 0.3) is 0 Å². The Morgan fingerprint density at radius 2 is 1.94 bits per heavy atom. The first kappa shape index (κ1) is 11.8. The number of hydrogen-bond donors (Lipinski definition) is 1. The lowest BCUT2D eigenvalue weighted by molar-refractivity contribution is 0.102. The minimum atomic E-state index is -0.169. The number of carbonyl (C=O) groups excluding carboxylic acids is 1. The number of thiazole rings is 1. The molecule has 0 unspecified atom stereocenters. The lowest BCUT2D eigenvalue weighted by Crippen LogP contribution is -2.11. The number of aromatic nitrogens is 1. The molecule has 82 valence electrons. The van der Waals surface area contributed by atoms with E-state index >= 15 is 0 Å². The van der Waals surface area contributed by atoms with Crippen molar-refractivity contribution in [1.82, 2.24) is 4.98 Å². The summed E-state index contributed by atoms with van der Waals surface area (Å²) in [5.41, 5.74) is 0.580. The van der Waals surface area contributed by atoms with Crippen LogP contribution in [0.4, 0.5) is 5.13 Å². The molecule has 0 aliphatic heterocycles. The van der Waals surface area contributed by atoms with Crippen LogP contribution in [0.1, 0.15) is 10.4 Å². The predicted molar refractivity (Wildman–Crippen MR) is 71.9 cm³/mol. The SMILES string of the molecule is O=C(Nc1nccs1)c1cc(Br)cc(Br)c1. The van der Waals surface area contributed by atoms with E-state index in [1.807, 2.05) is 11.4 Å². The first-order chi connectivity index (χ1) is 7.65. The van der Waals surface area contributed by atoms with Crippen LogP contribution in [0.3, 0.4) is 0 Å². The summed E-state index contributed by atoms with van der Waals surface area (Å²) < 4.78 is 1.71. The molecule has 2 rings (SSSR count). The van der Waals surface area contributed by atoms with Gasteiger partial charge in [0.15, 0.2) is 5.13 Å². The normalized spacial score (nSPS) is 10.1. The van der Waals surface area contributed by atoms with Gasteiger partial charge >= 0.3 is 0 Å². The molecule has 3 nitrogen and oxygen atoms in total. The van der Waals surface area contributed by atoms with Gasteiger partial charge in [-0.05, 0) is 18.2 Å². The largest absolute Gasteiger partial charge is 0.298 e. The Hall–Kier alpha value is -0.720. The molecule has 1 aromatic heterocycles. The Balaban J connectivity index is 2.21. The van der Waals surface area contributed by atoms with Crippen molar-refractivity contribution in [3.05, 3.63) is 44.3 Å². The van der Waals surface area contributed by atoms with E-state index in [1.165, 1.54) is 11.3 Å². The molecular formula is C10H6Br2N2OS. The molecule has 1 N–H and O–H groups in total. The number of rotatable bonds is 2. The minimum Gasteiger partial charge on any atom is -0.298 e. The van der Waals surface area contributed by atoms with Crippen molar-refractivity contribution in [2.45, 2.75) is 0 Å². The Morgan fingerprint density at radius 1 is 1.25 bits per heavy atom. The number of hydrogen-bond acceptors (Lipinski definition) is 3. The first-order valence-corrected chi connectivity index (χ1v) is 6.78. The zero-order valence-corrected chi connectivity index (χ0v) is 11.9. The van der Waals surface area contributed by atoms with Gasteiger partial charge in [0.1, 0.15) is 0 Å². The minimum absolute atomic E-state index is 0.169. The molecule has 0 saturated heterocycles. The highest BCUT2D eigenvalue weighted by atomic mass is 79.9. The molecule has 1 aromatic carbocycles. The molecule has 2 aromatic rings. The van der Waals surface area contributed by atoms with Crippen LogP contribution in [-0.2, 0) is 0 Å². The first-order valence-electron chi connectivity index (χ1n) is 4.32. The molecule has 1 heterocycles. The number of anilines is 1. The Labute approximate surface area is 113 Å². The van der Waals surface area contributed by atoms with Gasteiger partial charge in [-0.2, -0.15) is 0 Å². The quantitative estimate of drug-likeness (QED) is 0.880. The average molecular weight is 362 g/mol. The molecule has 0 aliphatic rings. The third-order valence-electron chi connectivity index (χ3n) is 1.78. The standard InChI is InChI=1S/C10H6Br2N2OS/c11-7-3-6(4-8(12)5-7)9(15)14-10-13-1-2-16-10/h1-5H,(H,13,14,15). The number of nitrogens with zero attached hydrogens (tertiary/aromatic N) is 1. The highest BCUT2D eigenvalue weighted by Gasteiger charge is 2.08. The third kappa shape index (κ3) is 2.90. The van der Waals surface area contributed by atoms with Crippen molar-refractivity contribution in [1.29, 1.82) is 0 Å². The van der Waals surface area contributed by atoms with Crippen molar-refractivity contribution >= 4 is 54.2 Å². The van der Waals surface area contributed by atoms with Crippen molar-refractivity contribution in [3.63, 3.8) is 0 Å². The lowest BCUT2D eigenvalue weighted by Gasteiger charge is -2.03. The second-order valence-electron chi connectivity index (χ2n) is 2.95. The number of benzene rings is 1. The lowest BCUT2D eigenvalue weighted by atomic mass is 10.2. The molecule has 0 fully saturated rings. The van der Waals surface area contributed by atoms with E-state index in [2.05, 4.69) is 42.2 Å². The molecule has 6 heteroatoms. The van der Waals surface area contributed by atoms with Gasteiger partial charge in [-0.15, -0.1) is 11.3 Å². The summed E-state index contributed by atoms with van der Waals surface area (Å²) in [5, 5.41) is 5.13. The van der Waals surface area contributed by atoms with Gasteiger partial charge in [0.2, 0.25) is 0 Å². The van der Waals surface area contributed by atoms with Crippen molar-refractivity contribution < 1.29 is 4.79 Å². The van der Waals surface area contributed by atoms with E-state index in [4.69, 9.17) is 0 Å². The van der Waals surface area contributed by atoms with Crippen LogP contribution in [0, 0.1) is 0 Å². The molecule has 0 saturated carbocycles. The summed E-state index contributed by atoms with van der Waals surface area (Å²) >= 11 is 8.06. The summed E-state index contributed by atoms with van der Waals surface area (Å²) in [6.45, 7) is 0. The topological polar surface area (TPSA) is 42.0 Å². The molecule has 16 heavy (non-hydrogen) atoms. The van der Waals surface area contributed by atoms with E-state index in [-0.39, 0.29) is 5.91 Å². The highest BCUT2D eigenvalue weighted by molar-refractivity contribution is 9.11. The van der Waals surface area contributed by atoms with E-state index in [1.54, 1.807) is 18.3 Å². The van der Waals surface area contributed by atoms with Crippen LogP contribution in [-0.4, -0.2) is 10.9 Å². The Bertz CT molecular complexity index is 493. The fourth-order valence-corrected chi connectivity index (χ4v) is 2.96. The molecule has 0 atom stereocenters. The van der Waals surface area contributed by atoms with Crippen LogP contribution in [0.2, 0.25) is 0 Å². The Kier molecular flexibility index (Phi) is 3.73. The highest BCUT2D eigenvalue weighted by Crippen LogP contribution is 2.21. The summed E-state index contributed by atoms with van der Waals surface area (Å²) in [7, 11) is 0. The molecular weight excluding hydrogens is 356 g/mol. The van der Waals surface area contributed by atoms with Crippen LogP contribution < -0.4 is 5.32 Å². The maximum atomic E-state index is 11.8. The summed E-state index contributed by atoms with van der Waals surface area (Å²) in [6.07, 6.45) is 1.65. The van der Waals surface area contributed by atoms with Gasteiger partial charge in [0.25, 0.3) is 5.91 Å². The fraction of sp³-hybridized carbons (Fsp3) is 0.